The molecule has 0 atom stereocenters. The van der Waals surface area contributed by atoms with Gasteiger partial charge >= 0.3 is 11.9 Å². The minimum absolute atomic E-state index is 0.0658. The normalized spacial score (nSPS) is 19.6. The summed E-state index contributed by atoms with van der Waals surface area (Å²) in [5.41, 5.74) is 11.7. The first kappa shape index (κ1) is 40.4. The summed E-state index contributed by atoms with van der Waals surface area (Å²) < 4.78 is 0. The predicted molar refractivity (Wildman–Crippen MR) is 222 cm³/mol. The Hall–Kier alpha value is -5.31. The second kappa shape index (κ2) is 15.0. The van der Waals surface area contributed by atoms with Crippen LogP contribution in [-0.4, -0.2) is 58.8 Å². The second-order valence-electron chi connectivity index (χ2n) is 17.7. The molecule has 6 rings (SSSR count). The van der Waals surface area contributed by atoms with E-state index in [1.807, 2.05) is 12.1 Å². The molecule has 2 aliphatic carbocycles. The van der Waals surface area contributed by atoms with E-state index in [1.54, 1.807) is 12.1 Å². The van der Waals surface area contributed by atoms with Crippen LogP contribution in [0.2, 0.25) is 0 Å². The molecular formula is C47H55N3O6. The molecule has 0 spiro atoms. The second-order valence-corrected chi connectivity index (χ2v) is 17.7. The van der Waals surface area contributed by atoms with Crippen molar-refractivity contribution in [2.75, 3.05) is 18.5 Å². The van der Waals surface area contributed by atoms with Crippen molar-refractivity contribution in [3.8, 4) is 0 Å². The minimum atomic E-state index is -0.974. The molecule has 2 heterocycles. The summed E-state index contributed by atoms with van der Waals surface area (Å²) in [4.78, 5) is 61.4. The predicted octanol–water partition coefficient (Wildman–Crippen LogP) is 9.58. The van der Waals surface area contributed by atoms with Crippen LogP contribution in [0.3, 0.4) is 0 Å². The first-order valence-corrected chi connectivity index (χ1v) is 19.7. The molecule has 0 unspecified atom stereocenters. The number of amides is 2. The molecule has 4 aliphatic rings. The molecule has 9 nitrogen and oxygen atoms in total. The number of carbonyl (C=O) groups is 4. The van der Waals surface area contributed by atoms with Gasteiger partial charge in [0.15, 0.2) is 0 Å². The van der Waals surface area contributed by atoms with Crippen LogP contribution in [0.4, 0.5) is 5.69 Å². The van der Waals surface area contributed by atoms with Crippen LogP contribution in [0, 0.1) is 5.41 Å². The molecule has 2 amide bonds. The average Bonchev–Trinajstić information content (AvgIpc) is 3.43. The molecule has 2 aliphatic heterocycles. The molecule has 0 bridgehead atoms. The highest BCUT2D eigenvalue weighted by Crippen LogP contribution is 2.54. The Labute approximate surface area is 331 Å². The van der Waals surface area contributed by atoms with Crippen molar-refractivity contribution in [3.05, 3.63) is 111 Å². The first-order valence-electron chi connectivity index (χ1n) is 19.7. The van der Waals surface area contributed by atoms with Gasteiger partial charge in [0.2, 0.25) is 0 Å². The summed E-state index contributed by atoms with van der Waals surface area (Å²) in [7, 11) is 2.13. The number of allylic oxidation sites excluding steroid dienone is 8. The van der Waals surface area contributed by atoms with Crippen LogP contribution in [0.5, 0.6) is 0 Å². The summed E-state index contributed by atoms with van der Waals surface area (Å²) >= 11 is 0. The van der Waals surface area contributed by atoms with E-state index >= 15 is 0 Å². The molecule has 56 heavy (non-hydrogen) atoms. The third-order valence-electron chi connectivity index (χ3n) is 11.4. The Morgan fingerprint density at radius 1 is 0.946 bits per heavy atom. The fourth-order valence-electron chi connectivity index (χ4n) is 8.44. The Bertz CT molecular complexity index is 2200. The zero-order valence-electron chi connectivity index (χ0n) is 34.6. The van der Waals surface area contributed by atoms with E-state index in [0.717, 1.165) is 62.4 Å². The average molecular weight is 758 g/mol. The van der Waals surface area contributed by atoms with E-state index in [-0.39, 0.29) is 35.8 Å². The summed E-state index contributed by atoms with van der Waals surface area (Å²) in [6.07, 6.45) is 11.2. The lowest BCUT2D eigenvalue weighted by molar-refractivity contribution is -0.197. The highest BCUT2D eigenvalue weighted by Gasteiger charge is 2.42. The third-order valence-corrected chi connectivity index (χ3v) is 11.4. The van der Waals surface area contributed by atoms with Crippen molar-refractivity contribution >= 4 is 46.3 Å². The maximum absolute atomic E-state index is 12.8. The zero-order valence-corrected chi connectivity index (χ0v) is 34.6. The quantitative estimate of drug-likeness (QED) is 0.190. The van der Waals surface area contributed by atoms with Gasteiger partial charge in [0.1, 0.15) is 0 Å². The molecular weight excluding hydrogens is 703 g/mol. The third kappa shape index (κ3) is 7.73. The number of carbonyl (C=O) groups excluding carboxylic acids is 3. The SMILES string of the molecule is CC1=CC(C)(C)N(C)c2cc3c(cc21)C(c1ccccc1C(=O)O)=C1C=C(/C(C)=C\C(C)(C)C)/C(=N/CCCCCC(=O)ON2C(=O)CCC2=O)C=C1C3(C)C. The number of likely N-dealkylation sites (N-methyl/N-ethyl adjacent to an activating group) is 1. The molecule has 0 radical (unpaired) electrons. The Kier molecular flexibility index (Phi) is 10.8. The van der Waals surface area contributed by atoms with E-state index in [2.05, 4.69) is 111 Å². The Morgan fingerprint density at radius 2 is 1.62 bits per heavy atom. The highest BCUT2D eigenvalue weighted by molar-refractivity contribution is 6.16. The summed E-state index contributed by atoms with van der Waals surface area (Å²) in [6, 6.07) is 11.9. The number of rotatable bonds is 10. The molecule has 1 fully saturated rings. The zero-order chi connectivity index (χ0) is 40.9. The monoisotopic (exact) mass is 757 g/mol. The number of imide groups is 1. The summed E-state index contributed by atoms with van der Waals surface area (Å²) in [6.45, 7) is 20.2. The van der Waals surface area contributed by atoms with E-state index in [9.17, 15) is 24.3 Å². The number of anilines is 1. The number of carboxylic acid groups (broad SMARTS) is 1. The van der Waals surface area contributed by atoms with Crippen molar-refractivity contribution in [2.24, 2.45) is 10.4 Å². The lowest BCUT2D eigenvalue weighted by Gasteiger charge is -2.44. The number of hydrogen-bond acceptors (Lipinski definition) is 7. The minimum Gasteiger partial charge on any atom is -0.478 e. The molecule has 9 heteroatoms. The standard InChI is InChI=1S/C47H55N3O6/c1-28(26-45(3,4)5)32-22-34-36(24-38(32)48-21-15-11-12-18-42(53)56-50-40(51)19-20-41(50)52)47(8,9)37-25-39-33(29(2)27-46(6,7)49(39)10)23-35(37)43(34)30-16-13-14-17-31(30)44(54)55/h13-14,16-17,22-27H,11-12,15,18-21H2,1-10H3,(H,54,55)/b28-26-,48-38+. The van der Waals surface area contributed by atoms with Crippen molar-refractivity contribution in [3.63, 3.8) is 0 Å². The van der Waals surface area contributed by atoms with Crippen molar-refractivity contribution in [2.45, 2.75) is 112 Å². The number of nitrogens with zero attached hydrogens (tertiary/aromatic N) is 3. The maximum Gasteiger partial charge on any atom is 0.336 e. The van der Waals surface area contributed by atoms with Gasteiger partial charge in [0.25, 0.3) is 11.8 Å². The van der Waals surface area contributed by atoms with Crippen molar-refractivity contribution < 1.29 is 29.1 Å². The van der Waals surface area contributed by atoms with Crippen LogP contribution in [-0.2, 0) is 24.6 Å². The van der Waals surface area contributed by atoms with E-state index < -0.39 is 29.2 Å². The van der Waals surface area contributed by atoms with Gasteiger partial charge < -0.3 is 14.8 Å². The van der Waals surface area contributed by atoms with Crippen molar-refractivity contribution in [1.29, 1.82) is 0 Å². The molecule has 1 saturated heterocycles. The number of aliphatic imine (C=N–C) groups is 1. The fourth-order valence-corrected chi connectivity index (χ4v) is 8.44. The van der Waals surface area contributed by atoms with Crippen LogP contribution < -0.4 is 4.90 Å². The van der Waals surface area contributed by atoms with Crippen LogP contribution in [0.25, 0.3) is 11.1 Å². The van der Waals surface area contributed by atoms with E-state index in [0.29, 0.717) is 30.0 Å². The molecule has 294 valence electrons. The number of aromatic carboxylic acids is 1. The first-order chi connectivity index (χ1) is 26.2. The molecule has 2 aromatic rings. The van der Waals surface area contributed by atoms with E-state index in [1.165, 1.54) is 5.57 Å². The van der Waals surface area contributed by atoms with Gasteiger partial charge in [-0.15, -0.1) is 5.06 Å². The van der Waals surface area contributed by atoms with Gasteiger partial charge in [0.05, 0.1) is 16.8 Å². The van der Waals surface area contributed by atoms with E-state index in [4.69, 9.17) is 9.83 Å². The molecule has 1 N–H and O–H groups in total. The molecule has 0 aromatic heterocycles. The lowest BCUT2D eigenvalue weighted by atomic mass is 9.62. The van der Waals surface area contributed by atoms with Gasteiger partial charge in [0, 0.05) is 55.1 Å². The Balaban J connectivity index is 1.44. The van der Waals surface area contributed by atoms with Crippen LogP contribution in [0.1, 0.15) is 133 Å². The molecule has 0 saturated carbocycles. The largest absolute Gasteiger partial charge is 0.478 e. The topological polar surface area (TPSA) is 117 Å². The number of benzene rings is 2. The fraction of sp³-hybridized carbons (Fsp3) is 0.426. The molecule has 2 aromatic carbocycles. The maximum atomic E-state index is 12.8. The van der Waals surface area contributed by atoms with Gasteiger partial charge in [-0.25, -0.2) is 9.59 Å². The van der Waals surface area contributed by atoms with Gasteiger partial charge in [-0.2, -0.15) is 0 Å². The smallest absolute Gasteiger partial charge is 0.336 e. The number of unbranched alkanes of at least 4 members (excludes halogenated alkanes) is 2. The number of hydroxylamine groups is 2. The van der Waals surface area contributed by atoms with Gasteiger partial charge in [-0.3, -0.25) is 14.6 Å². The summed E-state index contributed by atoms with van der Waals surface area (Å²) in [5, 5.41) is 11.1. The Morgan fingerprint density at radius 3 is 2.29 bits per heavy atom. The van der Waals surface area contributed by atoms with Gasteiger partial charge in [-0.05, 0) is 121 Å². The lowest BCUT2D eigenvalue weighted by Crippen LogP contribution is -2.42. The van der Waals surface area contributed by atoms with Crippen molar-refractivity contribution in [1.82, 2.24) is 5.06 Å². The number of hydrogen-bond donors (Lipinski definition) is 1. The number of carboxylic acids is 1. The highest BCUT2D eigenvalue weighted by atomic mass is 16.7. The van der Waals surface area contributed by atoms with Crippen LogP contribution >= 0.6 is 0 Å². The van der Waals surface area contributed by atoms with Crippen LogP contribution in [0.15, 0.2) is 88.0 Å². The number of fused-ring (bicyclic) bond motifs is 3. The van der Waals surface area contributed by atoms with Gasteiger partial charge in [-0.1, -0.05) is 71.4 Å². The summed E-state index contributed by atoms with van der Waals surface area (Å²) in [5.74, 6) is -2.53.